The molecule has 0 aliphatic rings. The van der Waals surface area contributed by atoms with Gasteiger partial charge < -0.3 is 14.8 Å². The van der Waals surface area contributed by atoms with Gasteiger partial charge in [-0.25, -0.2) is 0 Å². The molecule has 0 atom stereocenters. The number of carbonyl (C=O) groups excluding carboxylic acids is 1. The molecule has 6 heteroatoms. The van der Waals surface area contributed by atoms with Gasteiger partial charge in [-0.3, -0.25) is 9.78 Å². The predicted octanol–water partition coefficient (Wildman–Crippen LogP) is 3.57. The normalized spacial score (nSPS) is 10.4. The molecular formula is C20H21N3O3. The van der Waals surface area contributed by atoms with Gasteiger partial charge in [0.2, 0.25) is 5.91 Å². The Morgan fingerprint density at radius 2 is 2.04 bits per heavy atom. The van der Waals surface area contributed by atoms with Crippen molar-refractivity contribution in [3.63, 3.8) is 0 Å². The van der Waals surface area contributed by atoms with E-state index in [2.05, 4.69) is 10.3 Å². The molecule has 0 fully saturated rings. The summed E-state index contributed by atoms with van der Waals surface area (Å²) in [5.41, 5.74) is 4.17. The number of benzene rings is 1. The van der Waals surface area contributed by atoms with Gasteiger partial charge in [0, 0.05) is 11.8 Å². The van der Waals surface area contributed by atoms with Gasteiger partial charge in [-0.15, -0.1) is 0 Å². The summed E-state index contributed by atoms with van der Waals surface area (Å²) in [6, 6.07) is 9.05. The molecule has 1 amide bonds. The summed E-state index contributed by atoms with van der Waals surface area (Å²) in [6.07, 6.45) is 3.13. The number of anilines is 1. The Labute approximate surface area is 153 Å². The Morgan fingerprint density at radius 1 is 1.27 bits per heavy atom. The highest BCUT2D eigenvalue weighted by Crippen LogP contribution is 2.28. The van der Waals surface area contributed by atoms with Crippen molar-refractivity contribution < 1.29 is 14.3 Å². The lowest BCUT2D eigenvalue weighted by Gasteiger charge is -2.10. The quantitative estimate of drug-likeness (QED) is 0.804. The minimum Gasteiger partial charge on any atom is -0.493 e. The third-order valence-electron chi connectivity index (χ3n) is 3.68. The van der Waals surface area contributed by atoms with Crippen molar-refractivity contribution in [1.82, 2.24) is 4.98 Å². The Kier molecular flexibility index (Phi) is 6.34. The molecule has 0 aliphatic heterocycles. The van der Waals surface area contributed by atoms with Gasteiger partial charge in [0.25, 0.3) is 0 Å². The lowest BCUT2D eigenvalue weighted by Crippen LogP contribution is -2.11. The van der Waals surface area contributed by atoms with E-state index in [0.29, 0.717) is 11.5 Å². The standard InChI is InChI=1S/C20H21N3O3/c1-13-11-14(2)22-15(3)20(13)23-19(24)8-6-16-5-7-17(26-10-9-21)18(12-16)25-4/h5-8,11-12H,10H2,1-4H3,(H,23,24)/b8-6+. The number of hydrogen-bond donors (Lipinski definition) is 1. The minimum absolute atomic E-state index is 0.0583. The van der Waals surface area contributed by atoms with Gasteiger partial charge in [0.05, 0.1) is 18.5 Å². The van der Waals surface area contributed by atoms with Gasteiger partial charge in [-0.05, 0) is 56.2 Å². The monoisotopic (exact) mass is 351 g/mol. The van der Waals surface area contributed by atoms with Crippen LogP contribution in [0.15, 0.2) is 30.3 Å². The molecule has 0 bridgehead atoms. The molecule has 0 saturated carbocycles. The van der Waals surface area contributed by atoms with Crippen LogP contribution in [-0.4, -0.2) is 24.6 Å². The van der Waals surface area contributed by atoms with Crippen LogP contribution in [0.5, 0.6) is 11.5 Å². The zero-order valence-electron chi connectivity index (χ0n) is 15.3. The Morgan fingerprint density at radius 3 is 2.69 bits per heavy atom. The number of aromatic nitrogens is 1. The number of rotatable bonds is 6. The first-order valence-electron chi connectivity index (χ1n) is 8.06. The van der Waals surface area contributed by atoms with Crippen LogP contribution < -0.4 is 14.8 Å². The zero-order chi connectivity index (χ0) is 19.1. The summed E-state index contributed by atoms with van der Waals surface area (Å²) < 4.78 is 10.5. The number of methoxy groups -OCH3 is 1. The number of amides is 1. The van der Waals surface area contributed by atoms with E-state index in [0.717, 1.165) is 28.2 Å². The molecule has 26 heavy (non-hydrogen) atoms. The van der Waals surface area contributed by atoms with Crippen LogP contribution in [0.4, 0.5) is 5.69 Å². The molecular weight excluding hydrogens is 330 g/mol. The topological polar surface area (TPSA) is 84.2 Å². The van der Waals surface area contributed by atoms with Gasteiger partial charge in [0.15, 0.2) is 18.1 Å². The smallest absolute Gasteiger partial charge is 0.248 e. The van der Waals surface area contributed by atoms with Crippen molar-refractivity contribution in [1.29, 1.82) is 5.26 Å². The van der Waals surface area contributed by atoms with Crippen molar-refractivity contribution in [3.05, 3.63) is 52.9 Å². The fourth-order valence-corrected chi connectivity index (χ4v) is 2.57. The predicted molar refractivity (Wildman–Crippen MR) is 100 cm³/mol. The maximum atomic E-state index is 12.2. The first kappa shape index (κ1) is 19.0. The molecule has 1 heterocycles. The number of nitrogens with zero attached hydrogens (tertiary/aromatic N) is 2. The number of nitriles is 1. The summed E-state index contributed by atoms with van der Waals surface area (Å²) in [7, 11) is 1.52. The number of carbonyl (C=O) groups is 1. The lowest BCUT2D eigenvalue weighted by atomic mass is 10.1. The maximum absolute atomic E-state index is 12.2. The summed E-state index contributed by atoms with van der Waals surface area (Å²) in [5.74, 6) is 0.732. The molecule has 0 unspecified atom stereocenters. The number of ether oxygens (including phenoxy) is 2. The molecule has 0 spiro atoms. The number of nitrogens with one attached hydrogen (secondary N) is 1. The summed E-state index contributed by atoms with van der Waals surface area (Å²) in [6.45, 7) is 5.66. The van der Waals surface area contributed by atoms with Gasteiger partial charge >= 0.3 is 0 Å². The van der Waals surface area contributed by atoms with E-state index in [1.54, 1.807) is 24.3 Å². The Hall–Kier alpha value is -3.33. The van der Waals surface area contributed by atoms with E-state index >= 15 is 0 Å². The van der Waals surface area contributed by atoms with Gasteiger partial charge in [0.1, 0.15) is 6.07 Å². The molecule has 1 N–H and O–H groups in total. The van der Waals surface area contributed by atoms with E-state index in [1.165, 1.54) is 13.2 Å². The molecule has 2 rings (SSSR count). The van der Waals surface area contributed by atoms with Crippen molar-refractivity contribution in [3.8, 4) is 17.6 Å². The Bertz CT molecular complexity index is 859. The van der Waals surface area contributed by atoms with E-state index in [4.69, 9.17) is 14.7 Å². The number of aryl methyl sites for hydroxylation is 3. The van der Waals surface area contributed by atoms with Crippen molar-refractivity contribution in [2.45, 2.75) is 20.8 Å². The largest absolute Gasteiger partial charge is 0.493 e. The van der Waals surface area contributed by atoms with Gasteiger partial charge in [-0.2, -0.15) is 5.26 Å². The van der Waals surface area contributed by atoms with E-state index in [1.807, 2.05) is 32.9 Å². The van der Waals surface area contributed by atoms with E-state index < -0.39 is 0 Å². The second-order valence-electron chi connectivity index (χ2n) is 5.72. The fourth-order valence-electron chi connectivity index (χ4n) is 2.57. The zero-order valence-corrected chi connectivity index (χ0v) is 15.3. The van der Waals surface area contributed by atoms with Crippen molar-refractivity contribution in [2.75, 3.05) is 19.0 Å². The van der Waals surface area contributed by atoms with Crippen molar-refractivity contribution in [2.24, 2.45) is 0 Å². The number of pyridine rings is 1. The van der Waals surface area contributed by atoms with Crippen LogP contribution in [0.2, 0.25) is 0 Å². The minimum atomic E-state index is -0.245. The second-order valence-corrected chi connectivity index (χ2v) is 5.72. The SMILES string of the molecule is COc1cc(/C=C/C(=O)Nc2c(C)cc(C)nc2C)ccc1OCC#N. The first-order chi connectivity index (χ1) is 12.4. The second kappa shape index (κ2) is 8.67. The van der Waals surface area contributed by atoms with E-state index in [-0.39, 0.29) is 12.5 Å². The lowest BCUT2D eigenvalue weighted by molar-refractivity contribution is -0.111. The first-order valence-corrected chi connectivity index (χ1v) is 8.06. The highest BCUT2D eigenvalue weighted by molar-refractivity contribution is 6.02. The molecule has 0 saturated heterocycles. The molecule has 2 aromatic rings. The molecule has 0 radical (unpaired) electrons. The van der Waals surface area contributed by atoms with Crippen LogP contribution in [-0.2, 0) is 4.79 Å². The highest BCUT2D eigenvalue weighted by atomic mass is 16.5. The Balaban J connectivity index is 2.12. The van der Waals surface area contributed by atoms with Crippen LogP contribution in [0.3, 0.4) is 0 Å². The maximum Gasteiger partial charge on any atom is 0.248 e. The molecule has 134 valence electrons. The van der Waals surface area contributed by atoms with Crippen molar-refractivity contribution >= 4 is 17.7 Å². The average Bonchev–Trinajstić information content (AvgIpc) is 2.61. The van der Waals surface area contributed by atoms with Crippen LogP contribution in [0, 0.1) is 32.1 Å². The number of hydrogen-bond acceptors (Lipinski definition) is 5. The average molecular weight is 351 g/mol. The third kappa shape index (κ3) is 4.84. The molecule has 1 aromatic carbocycles. The molecule has 6 nitrogen and oxygen atoms in total. The van der Waals surface area contributed by atoms with Crippen LogP contribution >= 0.6 is 0 Å². The highest BCUT2D eigenvalue weighted by Gasteiger charge is 2.08. The van der Waals surface area contributed by atoms with Crippen LogP contribution in [0.25, 0.3) is 6.08 Å². The summed E-state index contributed by atoms with van der Waals surface area (Å²) in [5, 5.41) is 11.5. The third-order valence-corrected chi connectivity index (χ3v) is 3.68. The van der Waals surface area contributed by atoms with Gasteiger partial charge in [-0.1, -0.05) is 6.07 Å². The summed E-state index contributed by atoms with van der Waals surface area (Å²) >= 11 is 0. The molecule has 0 aliphatic carbocycles. The molecule has 1 aromatic heterocycles. The summed E-state index contributed by atoms with van der Waals surface area (Å²) in [4.78, 5) is 16.6. The van der Waals surface area contributed by atoms with Crippen LogP contribution in [0.1, 0.15) is 22.5 Å². The fraction of sp³-hybridized carbons (Fsp3) is 0.250. The van der Waals surface area contributed by atoms with E-state index in [9.17, 15) is 4.79 Å².